The van der Waals surface area contributed by atoms with Crippen LogP contribution in [0.3, 0.4) is 0 Å². The van der Waals surface area contributed by atoms with Crippen molar-refractivity contribution in [2.75, 3.05) is 25.1 Å². The van der Waals surface area contributed by atoms with E-state index in [1.54, 1.807) is 6.92 Å². The molecular weight excluding hydrogens is 283 g/mol. The summed E-state index contributed by atoms with van der Waals surface area (Å²) in [5.74, 6) is 0. The van der Waals surface area contributed by atoms with Gasteiger partial charge in [0.1, 0.15) is 0 Å². The molecule has 0 aromatic heterocycles. The van der Waals surface area contributed by atoms with Crippen molar-refractivity contribution in [3.8, 4) is 0 Å². The summed E-state index contributed by atoms with van der Waals surface area (Å²) in [7, 11) is 0. The van der Waals surface area contributed by atoms with E-state index in [0.29, 0.717) is 0 Å². The minimum absolute atomic E-state index is 0.0349. The van der Waals surface area contributed by atoms with Crippen molar-refractivity contribution in [3.63, 3.8) is 0 Å². The Balaban J connectivity index is 3.01. The zero-order valence-corrected chi connectivity index (χ0v) is 11.0. The van der Waals surface area contributed by atoms with Gasteiger partial charge in [0, 0.05) is 12.0 Å². The zero-order valence-electron chi connectivity index (χ0n) is 10.3. The van der Waals surface area contributed by atoms with E-state index in [2.05, 4.69) is 5.32 Å². The molecule has 0 radical (unpaired) electrons. The first kappa shape index (κ1) is 16.1. The van der Waals surface area contributed by atoms with Gasteiger partial charge in [-0.1, -0.05) is 24.6 Å². The van der Waals surface area contributed by atoms with E-state index < -0.39 is 17.2 Å². The third kappa shape index (κ3) is 3.99. The second-order valence-corrected chi connectivity index (χ2v) is 5.05. The van der Waals surface area contributed by atoms with E-state index in [4.69, 9.17) is 21.8 Å². The predicted molar refractivity (Wildman–Crippen MR) is 67.2 cm³/mol. The first-order chi connectivity index (χ1) is 8.73. The maximum atomic E-state index is 12.8. The third-order valence-electron chi connectivity index (χ3n) is 2.77. The Hall–Kier alpha value is -0.980. The molecule has 0 heterocycles. The maximum Gasteiger partial charge on any atom is 0.418 e. The van der Waals surface area contributed by atoms with Crippen LogP contribution < -0.4 is 5.32 Å². The third-order valence-corrected chi connectivity index (χ3v) is 3.09. The van der Waals surface area contributed by atoms with Gasteiger partial charge in [0.25, 0.3) is 0 Å². The van der Waals surface area contributed by atoms with Gasteiger partial charge in [-0.05, 0) is 12.1 Å². The summed E-state index contributed by atoms with van der Waals surface area (Å²) in [5, 5.41) is 20.7. The average molecular weight is 298 g/mol. The zero-order chi connectivity index (χ0) is 14.7. The lowest BCUT2D eigenvalue weighted by Crippen LogP contribution is -2.34. The van der Waals surface area contributed by atoms with Crippen LogP contribution in [0.4, 0.5) is 18.9 Å². The van der Waals surface area contributed by atoms with E-state index in [1.807, 2.05) is 0 Å². The first-order valence-electron chi connectivity index (χ1n) is 5.55. The molecule has 0 aliphatic heterocycles. The SMILES string of the molecule is CC(CO)(CO)CNc1c(Cl)cccc1C(F)(F)F. The summed E-state index contributed by atoms with van der Waals surface area (Å²) >= 11 is 5.76. The van der Waals surface area contributed by atoms with Gasteiger partial charge in [-0.2, -0.15) is 13.2 Å². The first-order valence-corrected chi connectivity index (χ1v) is 5.92. The van der Waals surface area contributed by atoms with Gasteiger partial charge in [-0.15, -0.1) is 0 Å². The highest BCUT2D eigenvalue weighted by Crippen LogP contribution is 2.38. The molecule has 0 unspecified atom stereocenters. The highest BCUT2D eigenvalue weighted by Gasteiger charge is 2.35. The summed E-state index contributed by atoms with van der Waals surface area (Å²) in [6, 6.07) is 3.48. The molecule has 3 nitrogen and oxygen atoms in total. The molecule has 19 heavy (non-hydrogen) atoms. The van der Waals surface area contributed by atoms with Gasteiger partial charge in [-0.3, -0.25) is 0 Å². The average Bonchev–Trinajstić information content (AvgIpc) is 2.35. The van der Waals surface area contributed by atoms with Crippen molar-refractivity contribution in [3.05, 3.63) is 28.8 Å². The number of benzene rings is 1. The molecular formula is C12H15ClF3NO2. The van der Waals surface area contributed by atoms with Gasteiger partial charge in [0.15, 0.2) is 0 Å². The molecule has 0 aliphatic carbocycles. The number of para-hydroxylation sites is 1. The minimum Gasteiger partial charge on any atom is -0.396 e. The van der Waals surface area contributed by atoms with Crippen molar-refractivity contribution in [1.82, 2.24) is 0 Å². The number of hydrogen-bond acceptors (Lipinski definition) is 3. The van der Waals surface area contributed by atoms with Crippen molar-refractivity contribution >= 4 is 17.3 Å². The summed E-state index contributed by atoms with van der Waals surface area (Å²) in [4.78, 5) is 0. The van der Waals surface area contributed by atoms with Crippen LogP contribution in [-0.4, -0.2) is 30.0 Å². The minimum atomic E-state index is -4.53. The van der Waals surface area contributed by atoms with E-state index in [9.17, 15) is 13.2 Å². The fourth-order valence-corrected chi connectivity index (χ4v) is 1.64. The number of nitrogens with one attached hydrogen (secondary N) is 1. The van der Waals surface area contributed by atoms with E-state index in [0.717, 1.165) is 6.07 Å². The molecule has 0 fully saturated rings. The predicted octanol–water partition coefficient (Wildman–Crippen LogP) is 2.76. The van der Waals surface area contributed by atoms with Crippen LogP contribution in [0.5, 0.6) is 0 Å². The Morgan fingerprint density at radius 3 is 2.26 bits per heavy atom. The topological polar surface area (TPSA) is 52.5 Å². The lowest BCUT2D eigenvalue weighted by Gasteiger charge is -2.26. The molecule has 1 aromatic rings. The Kier molecular flexibility index (Phi) is 5.06. The summed E-state index contributed by atoms with van der Waals surface area (Å²) in [6.07, 6.45) is -4.53. The Morgan fingerprint density at radius 1 is 1.21 bits per heavy atom. The Labute approximate surface area is 114 Å². The van der Waals surface area contributed by atoms with Crippen LogP contribution >= 0.6 is 11.6 Å². The molecule has 0 amide bonds. The second kappa shape index (κ2) is 5.98. The second-order valence-electron chi connectivity index (χ2n) is 4.64. The van der Waals surface area contributed by atoms with Crippen molar-refractivity contribution in [1.29, 1.82) is 0 Å². The largest absolute Gasteiger partial charge is 0.418 e. The molecule has 7 heteroatoms. The van der Waals surface area contributed by atoms with Crippen molar-refractivity contribution in [2.45, 2.75) is 13.1 Å². The highest BCUT2D eigenvalue weighted by atomic mass is 35.5. The van der Waals surface area contributed by atoms with Gasteiger partial charge >= 0.3 is 6.18 Å². The standard InChI is InChI=1S/C12H15ClF3NO2/c1-11(6-18,7-19)5-17-10-8(12(14,15)16)3-2-4-9(10)13/h2-4,17-19H,5-7H2,1H3. The Bertz CT molecular complexity index is 433. The van der Waals surface area contributed by atoms with E-state index in [1.165, 1.54) is 12.1 Å². The monoisotopic (exact) mass is 297 g/mol. The summed E-state index contributed by atoms with van der Waals surface area (Å²) in [5.41, 5.74) is -2.05. The molecule has 0 aliphatic rings. The number of rotatable bonds is 5. The number of hydrogen-bond donors (Lipinski definition) is 3. The van der Waals surface area contributed by atoms with Gasteiger partial charge in [0.2, 0.25) is 0 Å². The van der Waals surface area contributed by atoms with Crippen molar-refractivity contribution < 1.29 is 23.4 Å². The van der Waals surface area contributed by atoms with Crippen LogP contribution in [0.2, 0.25) is 5.02 Å². The molecule has 3 N–H and O–H groups in total. The lowest BCUT2D eigenvalue weighted by atomic mass is 9.93. The summed E-state index contributed by atoms with van der Waals surface area (Å²) < 4.78 is 38.4. The molecule has 0 atom stereocenters. The smallest absolute Gasteiger partial charge is 0.396 e. The normalized spacial score (nSPS) is 12.6. The molecule has 0 saturated heterocycles. The van der Waals surface area contributed by atoms with Crippen LogP contribution in [-0.2, 0) is 6.18 Å². The molecule has 1 rings (SSSR count). The molecule has 108 valence electrons. The number of anilines is 1. The maximum absolute atomic E-state index is 12.8. The lowest BCUT2D eigenvalue weighted by molar-refractivity contribution is -0.137. The fraction of sp³-hybridized carbons (Fsp3) is 0.500. The van der Waals surface area contributed by atoms with Crippen LogP contribution in [0.1, 0.15) is 12.5 Å². The van der Waals surface area contributed by atoms with E-state index >= 15 is 0 Å². The number of alkyl halides is 3. The molecule has 1 aromatic carbocycles. The van der Waals surface area contributed by atoms with Crippen molar-refractivity contribution in [2.24, 2.45) is 5.41 Å². The van der Waals surface area contributed by atoms with Crippen LogP contribution in [0, 0.1) is 5.41 Å². The van der Waals surface area contributed by atoms with E-state index in [-0.39, 0.29) is 30.5 Å². The van der Waals surface area contributed by atoms with Crippen LogP contribution in [0.15, 0.2) is 18.2 Å². The molecule has 0 spiro atoms. The molecule has 0 bridgehead atoms. The van der Waals surface area contributed by atoms with Crippen LogP contribution in [0.25, 0.3) is 0 Å². The Morgan fingerprint density at radius 2 is 1.79 bits per heavy atom. The quantitative estimate of drug-likeness (QED) is 0.783. The van der Waals surface area contributed by atoms with Gasteiger partial charge in [-0.25, -0.2) is 0 Å². The number of halogens is 4. The summed E-state index contributed by atoms with van der Waals surface area (Å²) in [6.45, 7) is 0.793. The van der Waals surface area contributed by atoms with Gasteiger partial charge < -0.3 is 15.5 Å². The molecule has 0 saturated carbocycles. The van der Waals surface area contributed by atoms with Gasteiger partial charge in [0.05, 0.1) is 29.5 Å². The highest BCUT2D eigenvalue weighted by molar-refractivity contribution is 6.33. The number of aliphatic hydroxyl groups excluding tert-OH is 2. The fourth-order valence-electron chi connectivity index (χ4n) is 1.40. The number of aliphatic hydroxyl groups is 2.